The summed E-state index contributed by atoms with van der Waals surface area (Å²) in [6.07, 6.45) is 2.68. The summed E-state index contributed by atoms with van der Waals surface area (Å²) < 4.78 is 0. The molecule has 0 fully saturated rings. The lowest BCUT2D eigenvalue weighted by atomic mass is 10.2. The van der Waals surface area contributed by atoms with E-state index in [0.717, 1.165) is 24.3 Å². The van der Waals surface area contributed by atoms with E-state index in [1.807, 2.05) is 30.3 Å². The lowest BCUT2D eigenvalue weighted by Gasteiger charge is -2.08. The van der Waals surface area contributed by atoms with Crippen LogP contribution in [0.1, 0.15) is 5.69 Å². The number of nitrogens with one attached hydrogen (secondary N) is 1. The number of nitrogens with zero attached hydrogens (tertiary/aromatic N) is 1. The van der Waals surface area contributed by atoms with Crippen LogP contribution in [0.4, 0.5) is 17.1 Å². The standard InChI is InChI=1S/C13H16N4/c14-12-5-4-11(9-13(12)15)17-8-6-10-3-1-2-7-16-10/h1-5,7,9,17H,6,8,14-15H2. The number of aromatic nitrogens is 1. The zero-order valence-electron chi connectivity index (χ0n) is 9.56. The van der Waals surface area contributed by atoms with Crippen molar-refractivity contribution in [1.29, 1.82) is 0 Å². The van der Waals surface area contributed by atoms with Crippen molar-refractivity contribution in [2.75, 3.05) is 23.3 Å². The first-order valence-electron chi connectivity index (χ1n) is 5.54. The summed E-state index contributed by atoms with van der Waals surface area (Å²) in [6, 6.07) is 11.5. The van der Waals surface area contributed by atoms with Crippen LogP contribution in [0.2, 0.25) is 0 Å². The normalized spacial score (nSPS) is 10.1. The molecule has 0 atom stereocenters. The fourth-order valence-electron chi connectivity index (χ4n) is 1.57. The molecule has 4 nitrogen and oxygen atoms in total. The largest absolute Gasteiger partial charge is 0.397 e. The van der Waals surface area contributed by atoms with Crippen LogP contribution in [0.3, 0.4) is 0 Å². The number of nitrogens with two attached hydrogens (primary N) is 2. The van der Waals surface area contributed by atoms with Gasteiger partial charge in [0.25, 0.3) is 0 Å². The van der Waals surface area contributed by atoms with Crippen LogP contribution in [-0.2, 0) is 6.42 Å². The van der Waals surface area contributed by atoms with Crippen molar-refractivity contribution in [1.82, 2.24) is 4.98 Å². The third kappa shape index (κ3) is 3.11. The highest BCUT2D eigenvalue weighted by molar-refractivity contribution is 5.69. The van der Waals surface area contributed by atoms with E-state index in [1.165, 1.54) is 0 Å². The Morgan fingerprint density at radius 2 is 1.94 bits per heavy atom. The van der Waals surface area contributed by atoms with Gasteiger partial charge in [0.05, 0.1) is 11.4 Å². The SMILES string of the molecule is Nc1ccc(NCCc2ccccn2)cc1N. The molecule has 0 spiro atoms. The van der Waals surface area contributed by atoms with Crippen LogP contribution in [0.15, 0.2) is 42.6 Å². The average molecular weight is 228 g/mol. The summed E-state index contributed by atoms with van der Waals surface area (Å²) in [4.78, 5) is 4.26. The number of anilines is 3. The van der Waals surface area contributed by atoms with Crippen molar-refractivity contribution >= 4 is 17.1 Å². The van der Waals surface area contributed by atoms with Gasteiger partial charge in [0.1, 0.15) is 0 Å². The third-order valence-electron chi connectivity index (χ3n) is 2.52. The number of pyridine rings is 1. The molecule has 2 aromatic rings. The molecule has 0 bridgehead atoms. The van der Waals surface area contributed by atoms with Crippen LogP contribution in [0.25, 0.3) is 0 Å². The quantitative estimate of drug-likeness (QED) is 0.698. The summed E-state index contributed by atoms with van der Waals surface area (Å²) in [5, 5.41) is 3.29. The summed E-state index contributed by atoms with van der Waals surface area (Å²) in [5.41, 5.74) is 14.6. The van der Waals surface area contributed by atoms with Gasteiger partial charge in [-0.3, -0.25) is 4.98 Å². The van der Waals surface area contributed by atoms with Crippen LogP contribution in [-0.4, -0.2) is 11.5 Å². The lowest BCUT2D eigenvalue weighted by Crippen LogP contribution is -2.06. The molecule has 0 unspecified atom stereocenters. The minimum Gasteiger partial charge on any atom is -0.397 e. The van der Waals surface area contributed by atoms with Gasteiger partial charge in [-0.05, 0) is 30.3 Å². The molecule has 0 saturated heterocycles. The highest BCUT2D eigenvalue weighted by atomic mass is 14.9. The van der Waals surface area contributed by atoms with E-state index in [-0.39, 0.29) is 0 Å². The molecule has 1 aromatic heterocycles. The number of nitrogen functional groups attached to an aromatic ring is 2. The summed E-state index contributed by atoms with van der Waals surface area (Å²) >= 11 is 0. The van der Waals surface area contributed by atoms with Crippen molar-refractivity contribution in [3.63, 3.8) is 0 Å². The number of benzene rings is 1. The second-order valence-corrected chi connectivity index (χ2v) is 3.84. The molecule has 0 aliphatic heterocycles. The van der Waals surface area contributed by atoms with E-state index in [4.69, 9.17) is 11.5 Å². The van der Waals surface area contributed by atoms with Gasteiger partial charge < -0.3 is 16.8 Å². The summed E-state index contributed by atoms with van der Waals surface area (Å²) in [7, 11) is 0. The van der Waals surface area contributed by atoms with E-state index in [0.29, 0.717) is 11.4 Å². The Balaban J connectivity index is 1.88. The molecule has 4 heteroatoms. The van der Waals surface area contributed by atoms with E-state index in [1.54, 1.807) is 12.3 Å². The first kappa shape index (κ1) is 11.3. The van der Waals surface area contributed by atoms with Crippen molar-refractivity contribution in [2.24, 2.45) is 0 Å². The Morgan fingerprint density at radius 3 is 2.65 bits per heavy atom. The van der Waals surface area contributed by atoms with Gasteiger partial charge in [0, 0.05) is 30.5 Å². The molecule has 17 heavy (non-hydrogen) atoms. The van der Waals surface area contributed by atoms with Crippen LogP contribution < -0.4 is 16.8 Å². The Kier molecular flexibility index (Phi) is 3.45. The van der Waals surface area contributed by atoms with Gasteiger partial charge in [-0.1, -0.05) is 6.07 Å². The number of hydrogen-bond donors (Lipinski definition) is 3. The fourth-order valence-corrected chi connectivity index (χ4v) is 1.57. The van der Waals surface area contributed by atoms with E-state index >= 15 is 0 Å². The Bertz CT molecular complexity index is 482. The molecule has 0 radical (unpaired) electrons. The molecule has 88 valence electrons. The fraction of sp³-hybridized carbons (Fsp3) is 0.154. The lowest BCUT2D eigenvalue weighted by molar-refractivity contribution is 0.962. The second-order valence-electron chi connectivity index (χ2n) is 3.84. The minimum atomic E-state index is 0.604. The molecule has 5 N–H and O–H groups in total. The van der Waals surface area contributed by atoms with Gasteiger partial charge in [-0.2, -0.15) is 0 Å². The van der Waals surface area contributed by atoms with Gasteiger partial charge in [-0.25, -0.2) is 0 Å². The van der Waals surface area contributed by atoms with Crippen LogP contribution in [0.5, 0.6) is 0 Å². The topological polar surface area (TPSA) is 77.0 Å². The Morgan fingerprint density at radius 1 is 1.06 bits per heavy atom. The Labute approximate surface area is 101 Å². The predicted octanol–water partition coefficient (Wildman–Crippen LogP) is 1.90. The molecule has 1 heterocycles. The number of hydrogen-bond acceptors (Lipinski definition) is 4. The van der Waals surface area contributed by atoms with Gasteiger partial charge in [0.2, 0.25) is 0 Å². The third-order valence-corrected chi connectivity index (χ3v) is 2.52. The van der Waals surface area contributed by atoms with Crippen molar-refractivity contribution in [3.05, 3.63) is 48.3 Å². The zero-order valence-corrected chi connectivity index (χ0v) is 9.56. The Hall–Kier alpha value is -2.23. The molecule has 0 aliphatic carbocycles. The minimum absolute atomic E-state index is 0.604. The summed E-state index contributed by atoms with van der Waals surface area (Å²) in [5.74, 6) is 0. The number of rotatable bonds is 4. The average Bonchev–Trinajstić information content (AvgIpc) is 2.35. The molecule has 0 saturated carbocycles. The predicted molar refractivity (Wildman–Crippen MR) is 71.7 cm³/mol. The monoisotopic (exact) mass is 228 g/mol. The van der Waals surface area contributed by atoms with E-state index in [9.17, 15) is 0 Å². The molecular weight excluding hydrogens is 212 g/mol. The zero-order chi connectivity index (χ0) is 12.1. The van der Waals surface area contributed by atoms with Gasteiger partial charge in [0.15, 0.2) is 0 Å². The van der Waals surface area contributed by atoms with Crippen LogP contribution >= 0.6 is 0 Å². The highest BCUT2D eigenvalue weighted by Crippen LogP contribution is 2.19. The summed E-state index contributed by atoms with van der Waals surface area (Å²) in [6.45, 7) is 0.820. The van der Waals surface area contributed by atoms with Gasteiger partial charge >= 0.3 is 0 Å². The maximum absolute atomic E-state index is 5.73. The molecule has 2 rings (SSSR count). The van der Waals surface area contributed by atoms with Crippen molar-refractivity contribution in [2.45, 2.75) is 6.42 Å². The van der Waals surface area contributed by atoms with Crippen LogP contribution in [0, 0.1) is 0 Å². The van der Waals surface area contributed by atoms with Crippen molar-refractivity contribution < 1.29 is 0 Å². The van der Waals surface area contributed by atoms with E-state index in [2.05, 4.69) is 10.3 Å². The van der Waals surface area contributed by atoms with E-state index < -0.39 is 0 Å². The smallest absolute Gasteiger partial charge is 0.0568 e. The molecule has 0 amide bonds. The maximum atomic E-state index is 5.73. The van der Waals surface area contributed by atoms with Gasteiger partial charge in [-0.15, -0.1) is 0 Å². The first-order chi connectivity index (χ1) is 8.25. The highest BCUT2D eigenvalue weighted by Gasteiger charge is 1.97. The molecular formula is C13H16N4. The maximum Gasteiger partial charge on any atom is 0.0568 e. The van der Waals surface area contributed by atoms with Crippen molar-refractivity contribution in [3.8, 4) is 0 Å². The molecule has 1 aromatic carbocycles. The second kappa shape index (κ2) is 5.21. The first-order valence-corrected chi connectivity index (χ1v) is 5.54. The molecule has 0 aliphatic rings.